The summed E-state index contributed by atoms with van der Waals surface area (Å²) in [5.41, 5.74) is -0.394. The van der Waals surface area contributed by atoms with Crippen molar-refractivity contribution in [1.29, 1.82) is 0 Å². The Balaban J connectivity index is 2.71. The molecular formula is C18H28N2O3. The fourth-order valence-electron chi connectivity index (χ4n) is 1.96. The number of ether oxygens (including phenoxy) is 1. The van der Waals surface area contributed by atoms with Crippen molar-refractivity contribution in [1.82, 2.24) is 10.6 Å². The molecule has 0 saturated carbocycles. The molecule has 0 bridgehead atoms. The van der Waals surface area contributed by atoms with Crippen molar-refractivity contribution >= 4 is 12.0 Å². The maximum atomic E-state index is 12.5. The van der Waals surface area contributed by atoms with Crippen LogP contribution < -0.4 is 10.6 Å². The minimum Gasteiger partial charge on any atom is -0.444 e. The second kappa shape index (κ2) is 7.49. The lowest BCUT2D eigenvalue weighted by Crippen LogP contribution is -2.54. The number of carbonyl (C=O) groups excluding carboxylic acids is 2. The Kier molecular flexibility index (Phi) is 5.64. The maximum absolute atomic E-state index is 12.5. The molecule has 1 aromatic rings. The van der Waals surface area contributed by atoms with Crippen molar-refractivity contribution in [2.24, 2.45) is 5.41 Å². The molecular weight excluding hydrogens is 292 g/mol. The van der Waals surface area contributed by atoms with E-state index in [0.717, 1.165) is 5.56 Å². The van der Waals surface area contributed by atoms with Gasteiger partial charge >= 0.3 is 6.09 Å². The third-order valence-corrected chi connectivity index (χ3v) is 3.07. The average Bonchev–Trinajstić information content (AvgIpc) is 2.50. The van der Waals surface area contributed by atoms with Gasteiger partial charge in [-0.1, -0.05) is 51.1 Å². The van der Waals surface area contributed by atoms with Gasteiger partial charge < -0.3 is 15.4 Å². The van der Waals surface area contributed by atoms with E-state index in [1.54, 1.807) is 13.8 Å². The molecule has 0 spiro atoms. The predicted molar refractivity (Wildman–Crippen MR) is 90.9 cm³/mol. The highest BCUT2D eigenvalue weighted by molar-refractivity contribution is 5.86. The van der Waals surface area contributed by atoms with Gasteiger partial charge in [0.05, 0.1) is 0 Å². The minimum absolute atomic E-state index is 0.0548. The second-order valence-electron chi connectivity index (χ2n) is 7.30. The van der Waals surface area contributed by atoms with E-state index in [-0.39, 0.29) is 12.8 Å². The molecule has 0 aliphatic heterocycles. The van der Waals surface area contributed by atoms with Crippen molar-refractivity contribution in [2.45, 2.75) is 59.7 Å². The molecule has 0 unspecified atom stereocenters. The van der Waals surface area contributed by atoms with Crippen LogP contribution in [0.5, 0.6) is 0 Å². The molecule has 2 N–H and O–H groups in total. The third kappa shape index (κ3) is 7.17. The molecule has 0 aliphatic carbocycles. The number of amides is 2. The van der Waals surface area contributed by atoms with E-state index in [1.807, 2.05) is 51.1 Å². The van der Waals surface area contributed by atoms with E-state index in [1.165, 1.54) is 0 Å². The van der Waals surface area contributed by atoms with Crippen molar-refractivity contribution in [3.8, 4) is 0 Å². The summed E-state index contributed by atoms with van der Waals surface area (Å²) in [7, 11) is 0. The average molecular weight is 321 g/mol. The summed E-state index contributed by atoms with van der Waals surface area (Å²) in [6, 6.07) is 8.82. The normalized spacial score (nSPS) is 13.7. The number of hydrogen-bond donors (Lipinski definition) is 2. The van der Waals surface area contributed by atoms with Gasteiger partial charge in [-0.2, -0.15) is 0 Å². The van der Waals surface area contributed by atoms with Crippen molar-refractivity contribution in [3.05, 3.63) is 35.9 Å². The molecule has 23 heavy (non-hydrogen) atoms. The molecule has 0 aliphatic rings. The number of benzene rings is 1. The molecule has 1 atom stereocenters. The van der Waals surface area contributed by atoms with E-state index in [9.17, 15) is 9.59 Å². The van der Waals surface area contributed by atoms with Crippen LogP contribution in [0.1, 0.15) is 48.5 Å². The first kappa shape index (κ1) is 17.3. The Bertz CT molecular complexity index is 553. The Morgan fingerprint density at radius 1 is 1.17 bits per heavy atom. The zero-order valence-corrected chi connectivity index (χ0v) is 14.6. The summed E-state index contributed by atoms with van der Waals surface area (Å²) in [4.78, 5) is 24.6. The molecule has 1 aromatic carbocycles. The smallest absolute Gasteiger partial charge is 0.408 e. The van der Waals surface area contributed by atoms with Gasteiger partial charge in [-0.15, -0.1) is 0 Å². The number of alkyl carbamates (subject to hydrolysis) is 1. The summed E-state index contributed by atoms with van der Waals surface area (Å²) in [6.45, 7) is 9.26. The summed E-state index contributed by atoms with van der Waals surface area (Å²) in [5, 5.41) is 5.47. The van der Waals surface area contributed by atoms with Gasteiger partial charge in [0, 0.05) is 7.92 Å². The largest absolute Gasteiger partial charge is 0.444 e. The lowest BCUT2D eigenvalue weighted by Gasteiger charge is -2.31. The van der Waals surface area contributed by atoms with Gasteiger partial charge in [-0.05, 0) is 31.7 Å². The highest BCUT2D eigenvalue weighted by Crippen LogP contribution is 2.20. The minimum atomic E-state index is -0.896. The van der Waals surface area contributed by atoms with Crippen LogP contribution in [-0.2, 0) is 16.1 Å². The standard InChI is InChI=1S/C18H28N2O3/c1-17(2,3)14(20-16(22)23-18(4,5)6)15(21)19-12-13-10-8-7-9-11-13/h7-11,14H,12H2,1-6H3,(H,19,21)(H,20,22)/t14-/m1/s1/i4D. The first-order chi connectivity index (χ1) is 11.0. The van der Waals surface area contributed by atoms with E-state index < -0.39 is 23.2 Å². The first-order valence-corrected chi connectivity index (χ1v) is 7.65. The van der Waals surface area contributed by atoms with Crippen molar-refractivity contribution < 1.29 is 15.7 Å². The van der Waals surface area contributed by atoms with Gasteiger partial charge in [0.25, 0.3) is 0 Å². The molecule has 2 amide bonds. The van der Waals surface area contributed by atoms with Gasteiger partial charge in [0.15, 0.2) is 0 Å². The molecule has 0 fully saturated rings. The van der Waals surface area contributed by atoms with Crippen LogP contribution in [0.3, 0.4) is 0 Å². The van der Waals surface area contributed by atoms with Crippen LogP contribution in [-0.4, -0.2) is 23.6 Å². The van der Waals surface area contributed by atoms with Crippen molar-refractivity contribution in [3.63, 3.8) is 0 Å². The molecule has 0 aromatic heterocycles. The lowest BCUT2D eigenvalue weighted by molar-refractivity contribution is -0.125. The number of hydrogen-bond acceptors (Lipinski definition) is 3. The van der Waals surface area contributed by atoms with Gasteiger partial charge in [0.1, 0.15) is 11.6 Å². The summed E-state index contributed by atoms with van der Waals surface area (Å²) < 4.78 is 12.6. The van der Waals surface area contributed by atoms with E-state index in [4.69, 9.17) is 6.11 Å². The van der Waals surface area contributed by atoms with Crippen LogP contribution in [0.4, 0.5) is 4.79 Å². The van der Waals surface area contributed by atoms with Gasteiger partial charge in [-0.25, -0.2) is 4.79 Å². The van der Waals surface area contributed by atoms with Crippen LogP contribution in [0.25, 0.3) is 0 Å². The number of rotatable bonds is 4. The third-order valence-electron chi connectivity index (χ3n) is 3.07. The number of nitrogens with one attached hydrogen (secondary N) is 2. The fraction of sp³-hybridized carbons (Fsp3) is 0.556. The Morgan fingerprint density at radius 3 is 2.30 bits per heavy atom. The van der Waals surface area contributed by atoms with Crippen molar-refractivity contribution in [2.75, 3.05) is 0 Å². The maximum Gasteiger partial charge on any atom is 0.408 e. The molecule has 0 radical (unpaired) electrons. The van der Waals surface area contributed by atoms with Crippen LogP contribution >= 0.6 is 0 Å². The summed E-state index contributed by atoms with van der Waals surface area (Å²) in [6.07, 6.45) is -0.693. The van der Waals surface area contributed by atoms with Crippen LogP contribution in [0.2, 0.25) is 0 Å². The topological polar surface area (TPSA) is 67.4 Å². The molecule has 1 rings (SSSR count). The van der Waals surface area contributed by atoms with Gasteiger partial charge in [0.2, 0.25) is 5.91 Å². The second-order valence-corrected chi connectivity index (χ2v) is 7.30. The summed E-state index contributed by atoms with van der Waals surface area (Å²) >= 11 is 0. The lowest BCUT2D eigenvalue weighted by atomic mass is 9.86. The number of carbonyl (C=O) groups is 2. The zero-order chi connectivity index (χ0) is 18.4. The quantitative estimate of drug-likeness (QED) is 0.894. The molecule has 128 valence electrons. The molecule has 0 heterocycles. The highest BCUT2D eigenvalue weighted by Gasteiger charge is 2.33. The molecule has 0 saturated heterocycles. The predicted octanol–water partition coefficient (Wildman–Crippen LogP) is 3.24. The fourth-order valence-corrected chi connectivity index (χ4v) is 1.96. The van der Waals surface area contributed by atoms with Gasteiger partial charge in [-0.3, -0.25) is 4.79 Å². The monoisotopic (exact) mass is 321 g/mol. The SMILES string of the molecule is [2H]CC(C)(C)OC(=O)N[C@H](C(=O)NCc1ccccc1)C(C)(C)C. The summed E-state index contributed by atoms with van der Waals surface area (Å²) in [5.74, 6) is -0.271. The zero-order valence-electron chi connectivity index (χ0n) is 15.6. The highest BCUT2D eigenvalue weighted by atomic mass is 16.6. The Morgan fingerprint density at radius 2 is 1.78 bits per heavy atom. The van der Waals surface area contributed by atoms with E-state index >= 15 is 0 Å². The van der Waals surface area contributed by atoms with Crippen LogP contribution in [0.15, 0.2) is 30.3 Å². The van der Waals surface area contributed by atoms with E-state index in [0.29, 0.717) is 6.54 Å². The first-order valence-electron chi connectivity index (χ1n) is 8.36. The Hall–Kier alpha value is -2.04. The molecule has 5 nitrogen and oxygen atoms in total. The van der Waals surface area contributed by atoms with Crippen LogP contribution in [0, 0.1) is 5.41 Å². The Labute approximate surface area is 140 Å². The van der Waals surface area contributed by atoms with E-state index in [2.05, 4.69) is 10.6 Å². The molecule has 5 heteroatoms.